The van der Waals surface area contributed by atoms with E-state index in [9.17, 15) is 0 Å². The number of hydrogen-bond donors (Lipinski definition) is 2. The van der Waals surface area contributed by atoms with Gasteiger partial charge in [0.15, 0.2) is 11.8 Å². The van der Waals surface area contributed by atoms with Crippen LogP contribution in [0.2, 0.25) is 0 Å². The zero-order valence-electron chi connectivity index (χ0n) is 16.8. The van der Waals surface area contributed by atoms with Gasteiger partial charge < -0.3 is 20.1 Å². The minimum absolute atomic E-state index is 0.357. The highest BCUT2D eigenvalue weighted by molar-refractivity contribution is 5.80. The molecule has 1 saturated heterocycles. The summed E-state index contributed by atoms with van der Waals surface area (Å²) in [5.74, 6) is 3.72. The Hall–Kier alpha value is -2.64. The fourth-order valence-corrected chi connectivity index (χ4v) is 3.96. The van der Waals surface area contributed by atoms with Crippen LogP contribution in [-0.4, -0.2) is 50.9 Å². The first-order valence-electron chi connectivity index (χ1n) is 10.3. The highest BCUT2D eigenvalue weighted by Gasteiger charge is 2.25. The molecule has 2 aromatic rings. The molecule has 4 rings (SSSR count). The van der Waals surface area contributed by atoms with E-state index >= 15 is 0 Å². The Bertz CT molecular complexity index is 794. The zero-order valence-corrected chi connectivity index (χ0v) is 16.8. The lowest BCUT2D eigenvalue weighted by molar-refractivity contribution is 0.584. The summed E-state index contributed by atoms with van der Waals surface area (Å²) >= 11 is 0. The monoisotopic (exact) mass is 382 g/mol. The number of nitrogens with one attached hydrogen (secondary N) is 2. The van der Waals surface area contributed by atoms with Crippen molar-refractivity contribution in [1.29, 1.82) is 0 Å². The molecule has 0 radical (unpaired) electrons. The molecular formula is C20H30N8. The number of rotatable bonds is 5. The molecule has 2 aromatic heterocycles. The molecule has 0 bridgehead atoms. The van der Waals surface area contributed by atoms with Gasteiger partial charge in [0.1, 0.15) is 18.2 Å². The van der Waals surface area contributed by atoms with Crippen LogP contribution in [-0.2, 0) is 13.6 Å². The van der Waals surface area contributed by atoms with Crippen LogP contribution in [0.25, 0.3) is 0 Å². The van der Waals surface area contributed by atoms with Gasteiger partial charge in [-0.1, -0.05) is 18.9 Å². The van der Waals surface area contributed by atoms with E-state index in [-0.39, 0.29) is 0 Å². The van der Waals surface area contributed by atoms with Crippen LogP contribution < -0.4 is 15.5 Å². The maximum Gasteiger partial charge on any atom is 0.192 e. The van der Waals surface area contributed by atoms with E-state index in [0.717, 1.165) is 42.9 Å². The standard InChI is InChI=1S/C20H30N8/c1-15-25-26-19(27(15)2)13-22-20(23-16-7-3-4-8-16)24-17-10-12-28(14-17)18-9-5-6-11-21-18/h5-6,9,11,16-17H,3-4,7-8,10,12-14H2,1-2H3,(H2,22,23,24). The van der Waals surface area contributed by atoms with Crippen molar-refractivity contribution in [2.75, 3.05) is 18.0 Å². The second-order valence-corrected chi connectivity index (χ2v) is 7.78. The molecule has 0 amide bonds. The molecule has 2 N–H and O–H groups in total. The average molecular weight is 383 g/mol. The number of pyridine rings is 1. The Morgan fingerprint density at radius 1 is 1.14 bits per heavy atom. The van der Waals surface area contributed by atoms with Gasteiger partial charge in [0.2, 0.25) is 0 Å². The lowest BCUT2D eigenvalue weighted by Crippen LogP contribution is -2.47. The fraction of sp³-hybridized carbons (Fsp3) is 0.600. The zero-order chi connectivity index (χ0) is 19.3. The Balaban J connectivity index is 1.41. The summed E-state index contributed by atoms with van der Waals surface area (Å²) in [6.45, 7) is 4.43. The normalized spacial score (nSPS) is 20.7. The molecule has 150 valence electrons. The third-order valence-electron chi connectivity index (χ3n) is 5.76. The van der Waals surface area contributed by atoms with E-state index in [1.54, 1.807) is 0 Å². The molecule has 1 aliphatic heterocycles. The van der Waals surface area contributed by atoms with Crippen LogP contribution in [0.1, 0.15) is 43.8 Å². The summed E-state index contributed by atoms with van der Waals surface area (Å²) in [4.78, 5) is 11.6. The second kappa shape index (κ2) is 8.58. The van der Waals surface area contributed by atoms with Crippen LogP contribution in [0.4, 0.5) is 5.82 Å². The molecule has 1 unspecified atom stereocenters. The number of guanidine groups is 1. The quantitative estimate of drug-likeness (QED) is 0.606. The van der Waals surface area contributed by atoms with Crippen LogP contribution in [0.5, 0.6) is 0 Å². The van der Waals surface area contributed by atoms with Crippen LogP contribution >= 0.6 is 0 Å². The minimum Gasteiger partial charge on any atom is -0.354 e. The molecule has 1 aliphatic carbocycles. The van der Waals surface area contributed by atoms with Gasteiger partial charge in [0.05, 0.1) is 0 Å². The molecule has 1 atom stereocenters. The molecule has 2 fully saturated rings. The molecule has 2 aliphatic rings. The van der Waals surface area contributed by atoms with Gasteiger partial charge in [-0.3, -0.25) is 0 Å². The summed E-state index contributed by atoms with van der Waals surface area (Å²) in [7, 11) is 1.99. The van der Waals surface area contributed by atoms with Crippen molar-refractivity contribution >= 4 is 11.8 Å². The van der Waals surface area contributed by atoms with E-state index in [1.807, 2.05) is 36.9 Å². The average Bonchev–Trinajstić information content (AvgIpc) is 3.45. The highest BCUT2D eigenvalue weighted by Crippen LogP contribution is 2.19. The topological polar surface area (TPSA) is 83.3 Å². The predicted molar refractivity (Wildman–Crippen MR) is 110 cm³/mol. The number of aliphatic imine (C=N–C) groups is 1. The third-order valence-corrected chi connectivity index (χ3v) is 5.76. The molecule has 0 aromatic carbocycles. The highest BCUT2D eigenvalue weighted by atomic mass is 15.3. The number of aryl methyl sites for hydroxylation is 1. The Morgan fingerprint density at radius 3 is 2.68 bits per heavy atom. The largest absolute Gasteiger partial charge is 0.354 e. The Kier molecular flexibility index (Phi) is 5.73. The van der Waals surface area contributed by atoms with Crippen molar-refractivity contribution in [3.8, 4) is 0 Å². The number of aromatic nitrogens is 4. The molecular weight excluding hydrogens is 352 g/mol. The molecule has 1 saturated carbocycles. The van der Waals surface area contributed by atoms with Crippen LogP contribution in [0, 0.1) is 6.92 Å². The van der Waals surface area contributed by atoms with Gasteiger partial charge >= 0.3 is 0 Å². The van der Waals surface area contributed by atoms with E-state index in [4.69, 9.17) is 4.99 Å². The van der Waals surface area contributed by atoms with Gasteiger partial charge in [0, 0.05) is 38.4 Å². The van der Waals surface area contributed by atoms with Crippen molar-refractivity contribution < 1.29 is 0 Å². The first kappa shape index (κ1) is 18.7. The number of hydrogen-bond acceptors (Lipinski definition) is 5. The maximum atomic E-state index is 4.83. The first-order chi connectivity index (χ1) is 13.7. The smallest absolute Gasteiger partial charge is 0.192 e. The Labute approximate surface area is 166 Å². The van der Waals surface area contributed by atoms with Gasteiger partial charge in [0.25, 0.3) is 0 Å². The minimum atomic E-state index is 0.357. The molecule has 8 heteroatoms. The van der Waals surface area contributed by atoms with Crippen molar-refractivity contribution in [1.82, 2.24) is 30.4 Å². The molecule has 28 heavy (non-hydrogen) atoms. The van der Waals surface area contributed by atoms with Gasteiger partial charge in [-0.25, -0.2) is 9.98 Å². The summed E-state index contributed by atoms with van der Waals surface area (Å²) in [5.41, 5.74) is 0. The van der Waals surface area contributed by atoms with Crippen LogP contribution in [0.3, 0.4) is 0 Å². The lowest BCUT2D eigenvalue weighted by Gasteiger charge is -2.22. The van der Waals surface area contributed by atoms with Crippen molar-refractivity contribution in [3.63, 3.8) is 0 Å². The fourth-order valence-electron chi connectivity index (χ4n) is 3.96. The van der Waals surface area contributed by atoms with E-state index in [1.165, 1.54) is 25.7 Å². The SMILES string of the molecule is Cc1nnc(CN=C(NC2CCCC2)NC2CCN(c3ccccn3)C2)n1C. The maximum absolute atomic E-state index is 4.83. The number of anilines is 1. The number of nitrogens with zero attached hydrogens (tertiary/aromatic N) is 6. The van der Waals surface area contributed by atoms with Crippen molar-refractivity contribution in [2.45, 2.75) is 57.7 Å². The lowest BCUT2D eigenvalue weighted by atomic mass is 10.2. The van der Waals surface area contributed by atoms with E-state index in [0.29, 0.717) is 18.6 Å². The van der Waals surface area contributed by atoms with Crippen molar-refractivity contribution in [2.24, 2.45) is 12.0 Å². The van der Waals surface area contributed by atoms with Gasteiger partial charge in [-0.15, -0.1) is 10.2 Å². The molecule has 8 nitrogen and oxygen atoms in total. The molecule has 3 heterocycles. The van der Waals surface area contributed by atoms with Gasteiger partial charge in [-0.05, 0) is 38.3 Å². The van der Waals surface area contributed by atoms with Crippen LogP contribution in [0.15, 0.2) is 29.4 Å². The third kappa shape index (κ3) is 4.43. The predicted octanol–water partition coefficient (Wildman–Crippen LogP) is 1.78. The summed E-state index contributed by atoms with van der Waals surface area (Å²) < 4.78 is 2.00. The van der Waals surface area contributed by atoms with Gasteiger partial charge in [-0.2, -0.15) is 0 Å². The Morgan fingerprint density at radius 2 is 1.96 bits per heavy atom. The first-order valence-corrected chi connectivity index (χ1v) is 10.3. The summed E-state index contributed by atoms with van der Waals surface area (Å²) in [6, 6.07) is 6.95. The van der Waals surface area contributed by atoms with E-state index in [2.05, 4.69) is 36.8 Å². The van der Waals surface area contributed by atoms with E-state index < -0.39 is 0 Å². The summed E-state index contributed by atoms with van der Waals surface area (Å²) in [6.07, 6.45) is 7.95. The molecule has 0 spiro atoms. The van der Waals surface area contributed by atoms with Crippen molar-refractivity contribution in [3.05, 3.63) is 36.0 Å². The second-order valence-electron chi connectivity index (χ2n) is 7.78. The summed E-state index contributed by atoms with van der Waals surface area (Å²) in [5, 5.41) is 15.7.